The van der Waals surface area contributed by atoms with Gasteiger partial charge in [-0.25, -0.2) is 0 Å². The molecule has 0 aliphatic heterocycles. The van der Waals surface area contributed by atoms with Gasteiger partial charge in [0.05, 0.1) is 5.41 Å². The summed E-state index contributed by atoms with van der Waals surface area (Å²) < 4.78 is 0. The Hall–Kier alpha value is -7.56. The molecule has 1 saturated carbocycles. The number of phenols is 4. The first-order valence-electron chi connectivity index (χ1n) is 22.5. The number of hydrogen-bond acceptors (Lipinski definition) is 4. The van der Waals surface area contributed by atoms with Crippen LogP contribution >= 0.6 is 0 Å². The van der Waals surface area contributed by atoms with Gasteiger partial charge in [-0.3, -0.25) is 0 Å². The third-order valence-corrected chi connectivity index (χ3v) is 15.4. The molecule has 10 aromatic carbocycles. The first-order chi connectivity index (χ1) is 31.3. The van der Waals surface area contributed by atoms with Crippen molar-refractivity contribution in [3.63, 3.8) is 0 Å². The number of rotatable bonds is 4. The van der Waals surface area contributed by atoms with Crippen molar-refractivity contribution in [1.82, 2.24) is 0 Å². The molecule has 1 fully saturated rings. The quantitative estimate of drug-likeness (QED) is 0.142. The molecule has 64 heavy (non-hydrogen) atoms. The van der Waals surface area contributed by atoms with Crippen LogP contribution in [0.5, 0.6) is 23.0 Å². The number of phenolic OH excluding ortho intramolecular Hbond substituents is 4. The molecule has 3 aliphatic carbocycles. The molecular weight excluding hydrogens is 785 g/mol. The Morgan fingerprint density at radius 3 is 1.28 bits per heavy atom. The molecule has 4 heteroatoms. The zero-order valence-corrected chi connectivity index (χ0v) is 35.1. The molecule has 2 atom stereocenters. The Labute approximate surface area is 371 Å². The average Bonchev–Trinajstić information content (AvgIpc) is 3.78. The van der Waals surface area contributed by atoms with E-state index in [0.29, 0.717) is 5.92 Å². The molecule has 0 saturated heterocycles. The van der Waals surface area contributed by atoms with E-state index < -0.39 is 10.8 Å². The molecule has 0 heterocycles. The van der Waals surface area contributed by atoms with Gasteiger partial charge in [-0.1, -0.05) is 116 Å². The van der Waals surface area contributed by atoms with Crippen LogP contribution < -0.4 is 0 Å². The van der Waals surface area contributed by atoms with Crippen molar-refractivity contribution in [2.45, 2.75) is 42.4 Å². The molecule has 0 spiro atoms. The summed E-state index contributed by atoms with van der Waals surface area (Å²) in [6.45, 7) is 0. The van der Waals surface area contributed by atoms with E-state index in [-0.39, 0.29) is 28.9 Å². The highest BCUT2D eigenvalue weighted by Crippen LogP contribution is 2.66. The van der Waals surface area contributed by atoms with Gasteiger partial charge in [0.2, 0.25) is 0 Å². The minimum absolute atomic E-state index is 0.250. The SMILES string of the molecule is Oc1ccc2cc(C3(c4ccc5cc(O)ccc5c4)c4ccccc4-c4cc5c(cc43)C3CCCCC3C5(c3ccc4cc(O)ccc4c3)c3ccc4cc(O)ccc4c3)ccc2c1. The predicted octanol–water partition coefficient (Wildman–Crippen LogP) is 14.1. The van der Waals surface area contributed by atoms with E-state index in [4.69, 9.17) is 0 Å². The first-order valence-corrected chi connectivity index (χ1v) is 22.5. The van der Waals surface area contributed by atoms with Crippen LogP contribution in [0.3, 0.4) is 0 Å². The number of benzene rings is 10. The molecule has 0 amide bonds. The van der Waals surface area contributed by atoms with Crippen LogP contribution in [0.25, 0.3) is 54.2 Å². The topological polar surface area (TPSA) is 80.9 Å². The van der Waals surface area contributed by atoms with Crippen LogP contribution in [-0.2, 0) is 10.8 Å². The lowest BCUT2D eigenvalue weighted by Crippen LogP contribution is -2.37. The highest BCUT2D eigenvalue weighted by atomic mass is 16.3. The average molecular weight is 829 g/mol. The second kappa shape index (κ2) is 13.5. The van der Waals surface area contributed by atoms with E-state index in [9.17, 15) is 20.4 Å². The van der Waals surface area contributed by atoms with Gasteiger partial charge in [-0.05, 0) is 202 Å². The predicted molar refractivity (Wildman–Crippen MR) is 258 cm³/mol. The Morgan fingerprint density at radius 2 is 0.766 bits per heavy atom. The summed E-state index contributed by atoms with van der Waals surface area (Å²) in [6.07, 6.45) is 4.51. The molecule has 13 rings (SSSR count). The van der Waals surface area contributed by atoms with Gasteiger partial charge in [0, 0.05) is 5.41 Å². The van der Waals surface area contributed by atoms with Crippen molar-refractivity contribution in [3.8, 4) is 34.1 Å². The molecule has 0 aromatic heterocycles. The molecule has 0 radical (unpaired) electrons. The minimum Gasteiger partial charge on any atom is -0.508 e. The number of hydrogen-bond donors (Lipinski definition) is 4. The summed E-state index contributed by atoms with van der Waals surface area (Å²) in [5.41, 5.74) is 11.4. The second-order valence-electron chi connectivity index (χ2n) is 18.6. The maximum atomic E-state index is 10.5. The van der Waals surface area contributed by atoms with Gasteiger partial charge >= 0.3 is 0 Å². The smallest absolute Gasteiger partial charge is 0.116 e. The third-order valence-electron chi connectivity index (χ3n) is 15.4. The lowest BCUT2D eigenvalue weighted by atomic mass is 9.60. The number of fused-ring (bicyclic) bond motifs is 10. The fourth-order valence-corrected chi connectivity index (χ4v) is 12.8. The molecule has 3 aliphatic rings. The van der Waals surface area contributed by atoms with Crippen molar-refractivity contribution in [3.05, 3.63) is 226 Å². The zero-order chi connectivity index (χ0) is 42.9. The second-order valence-corrected chi connectivity index (χ2v) is 18.6. The highest BCUT2D eigenvalue weighted by molar-refractivity contribution is 5.94. The minimum atomic E-state index is -0.690. The maximum absolute atomic E-state index is 10.5. The third kappa shape index (κ3) is 5.11. The normalized spacial score (nSPS) is 17.9. The molecule has 4 nitrogen and oxygen atoms in total. The Bertz CT molecular complexity index is 3430. The summed E-state index contributed by atoms with van der Waals surface area (Å²) in [6, 6.07) is 64.0. The van der Waals surface area contributed by atoms with Crippen molar-refractivity contribution in [2.24, 2.45) is 5.92 Å². The van der Waals surface area contributed by atoms with Crippen LogP contribution in [0.15, 0.2) is 182 Å². The largest absolute Gasteiger partial charge is 0.508 e. The van der Waals surface area contributed by atoms with Crippen molar-refractivity contribution >= 4 is 43.1 Å². The van der Waals surface area contributed by atoms with E-state index in [1.165, 1.54) is 50.9 Å². The number of aromatic hydroxyl groups is 4. The summed E-state index contributed by atoms with van der Waals surface area (Å²) in [5.74, 6) is 1.62. The maximum Gasteiger partial charge on any atom is 0.116 e. The lowest BCUT2D eigenvalue weighted by Gasteiger charge is -2.42. The van der Waals surface area contributed by atoms with E-state index in [2.05, 4.69) is 109 Å². The fraction of sp³-hybridized carbons (Fsp3) is 0.133. The Morgan fingerprint density at radius 1 is 0.344 bits per heavy atom. The lowest BCUT2D eigenvalue weighted by molar-refractivity contribution is 0.262. The molecule has 10 aromatic rings. The summed E-state index contributed by atoms with van der Waals surface area (Å²) in [5, 5.41) is 50.3. The van der Waals surface area contributed by atoms with Gasteiger partial charge in [0.1, 0.15) is 23.0 Å². The first kappa shape index (κ1) is 37.0. The van der Waals surface area contributed by atoms with Crippen LogP contribution in [0.2, 0.25) is 0 Å². The van der Waals surface area contributed by atoms with Gasteiger partial charge in [-0.2, -0.15) is 0 Å². The van der Waals surface area contributed by atoms with Crippen LogP contribution in [-0.4, -0.2) is 20.4 Å². The van der Waals surface area contributed by atoms with Crippen LogP contribution in [0.1, 0.15) is 76.1 Å². The van der Waals surface area contributed by atoms with Gasteiger partial charge in [-0.15, -0.1) is 0 Å². The summed E-state index contributed by atoms with van der Waals surface area (Å²) in [7, 11) is 0. The van der Waals surface area contributed by atoms with Crippen LogP contribution in [0.4, 0.5) is 0 Å². The Balaban J connectivity index is 1.15. The van der Waals surface area contributed by atoms with Gasteiger partial charge in [0.15, 0.2) is 0 Å². The van der Waals surface area contributed by atoms with Crippen LogP contribution in [0, 0.1) is 5.92 Å². The zero-order valence-electron chi connectivity index (χ0n) is 35.1. The van der Waals surface area contributed by atoms with E-state index in [1.807, 2.05) is 48.5 Å². The van der Waals surface area contributed by atoms with E-state index >= 15 is 0 Å². The fourth-order valence-electron chi connectivity index (χ4n) is 12.8. The van der Waals surface area contributed by atoms with Crippen molar-refractivity contribution in [2.75, 3.05) is 0 Å². The Kier molecular flexibility index (Phi) is 7.80. The van der Waals surface area contributed by atoms with Gasteiger partial charge < -0.3 is 20.4 Å². The van der Waals surface area contributed by atoms with E-state index in [0.717, 1.165) is 73.5 Å². The highest BCUT2D eigenvalue weighted by Gasteiger charge is 2.57. The van der Waals surface area contributed by atoms with Crippen molar-refractivity contribution in [1.29, 1.82) is 0 Å². The molecule has 0 bridgehead atoms. The summed E-state index contributed by atoms with van der Waals surface area (Å²) in [4.78, 5) is 0. The monoisotopic (exact) mass is 828 g/mol. The van der Waals surface area contributed by atoms with E-state index in [1.54, 1.807) is 24.3 Å². The molecule has 2 unspecified atom stereocenters. The molecular formula is C60H44O4. The van der Waals surface area contributed by atoms with Crippen molar-refractivity contribution < 1.29 is 20.4 Å². The molecule has 4 N–H and O–H groups in total. The summed E-state index contributed by atoms with van der Waals surface area (Å²) >= 11 is 0. The molecule has 308 valence electrons. The van der Waals surface area contributed by atoms with Gasteiger partial charge in [0.25, 0.3) is 0 Å². The standard InChI is InChI=1S/C60H44O4/c61-47-21-13-35-25-43(17-9-39(35)29-47)59(44-18-10-40-30-48(62)22-14-36(40)26-44)55-7-3-1-5-51(55)53-33-58-54(34-57(53)59)52-6-2-4-8-56(52)60(58,45-19-11-41-31-49(63)23-15-37(41)27-45)46-20-12-42-32-50(64)24-16-38(42)28-46/h1,3,5,7,9-34,52,56,61-64H,2,4,6,8H2.